The van der Waals surface area contributed by atoms with E-state index in [1.165, 1.54) is 18.6 Å². The van der Waals surface area contributed by atoms with Crippen molar-refractivity contribution in [3.63, 3.8) is 0 Å². The zero-order chi connectivity index (χ0) is 11.7. The van der Waals surface area contributed by atoms with Crippen LogP contribution in [0.4, 0.5) is 4.39 Å². The summed E-state index contributed by atoms with van der Waals surface area (Å²) in [6.07, 6.45) is 2.93. The molecule has 0 radical (unpaired) electrons. The summed E-state index contributed by atoms with van der Waals surface area (Å²) < 4.78 is 13.0. The van der Waals surface area contributed by atoms with E-state index < -0.39 is 6.10 Å². The van der Waals surface area contributed by atoms with Crippen LogP contribution in [0.1, 0.15) is 43.4 Å². The van der Waals surface area contributed by atoms with E-state index in [0.717, 1.165) is 24.0 Å². The molecule has 1 aromatic rings. The first kappa shape index (κ1) is 11.6. The van der Waals surface area contributed by atoms with Gasteiger partial charge in [0.2, 0.25) is 0 Å². The molecule has 1 nitrogen and oxygen atoms in total. The van der Waals surface area contributed by atoms with Crippen LogP contribution in [0.15, 0.2) is 18.2 Å². The van der Waals surface area contributed by atoms with Gasteiger partial charge in [-0.1, -0.05) is 19.4 Å². The molecule has 1 aliphatic rings. The Balaban J connectivity index is 2.17. The first-order valence-corrected chi connectivity index (χ1v) is 6.02. The van der Waals surface area contributed by atoms with Gasteiger partial charge in [-0.2, -0.15) is 0 Å². The molecule has 3 unspecified atom stereocenters. The SMILES string of the molecule is Cc1cc(F)ccc1C(O)C1CCC(C)C1. The Bertz CT molecular complexity index is 375. The molecule has 1 fully saturated rings. The number of aryl methyl sites for hydroxylation is 1. The smallest absolute Gasteiger partial charge is 0.123 e. The summed E-state index contributed by atoms with van der Waals surface area (Å²) in [6, 6.07) is 4.65. The average molecular weight is 222 g/mol. The second kappa shape index (κ2) is 4.54. The van der Waals surface area contributed by atoms with Gasteiger partial charge in [-0.25, -0.2) is 4.39 Å². The molecular weight excluding hydrogens is 203 g/mol. The number of hydrogen-bond donors (Lipinski definition) is 1. The predicted octanol–water partition coefficient (Wildman–Crippen LogP) is 3.60. The van der Waals surface area contributed by atoms with Gasteiger partial charge in [-0.05, 0) is 54.9 Å². The number of aliphatic hydroxyl groups is 1. The number of benzene rings is 1. The van der Waals surface area contributed by atoms with E-state index in [2.05, 4.69) is 6.92 Å². The van der Waals surface area contributed by atoms with E-state index >= 15 is 0 Å². The van der Waals surface area contributed by atoms with Crippen LogP contribution in [0.3, 0.4) is 0 Å². The Labute approximate surface area is 96.3 Å². The van der Waals surface area contributed by atoms with Crippen LogP contribution in [0.25, 0.3) is 0 Å². The van der Waals surface area contributed by atoms with E-state index in [1.807, 2.05) is 6.92 Å². The molecule has 1 aliphatic carbocycles. The van der Waals surface area contributed by atoms with Crippen molar-refractivity contribution in [1.82, 2.24) is 0 Å². The molecule has 16 heavy (non-hydrogen) atoms. The van der Waals surface area contributed by atoms with Gasteiger partial charge in [0.05, 0.1) is 6.10 Å². The van der Waals surface area contributed by atoms with Gasteiger partial charge in [0.15, 0.2) is 0 Å². The summed E-state index contributed by atoms with van der Waals surface area (Å²) in [5.74, 6) is 0.827. The fourth-order valence-electron chi connectivity index (χ4n) is 2.76. The predicted molar refractivity (Wildman–Crippen MR) is 62.6 cm³/mol. The molecule has 88 valence electrons. The maximum absolute atomic E-state index is 13.0. The van der Waals surface area contributed by atoms with Crippen molar-refractivity contribution in [3.8, 4) is 0 Å². The first-order valence-electron chi connectivity index (χ1n) is 6.02. The average Bonchev–Trinajstić information content (AvgIpc) is 2.64. The lowest BCUT2D eigenvalue weighted by atomic mass is 9.91. The molecule has 1 saturated carbocycles. The lowest BCUT2D eigenvalue weighted by Crippen LogP contribution is -2.11. The molecule has 0 bridgehead atoms. The highest BCUT2D eigenvalue weighted by atomic mass is 19.1. The van der Waals surface area contributed by atoms with Gasteiger partial charge in [0.25, 0.3) is 0 Å². The van der Waals surface area contributed by atoms with E-state index in [4.69, 9.17) is 0 Å². The summed E-state index contributed by atoms with van der Waals surface area (Å²) in [5.41, 5.74) is 1.74. The van der Waals surface area contributed by atoms with Gasteiger partial charge in [0, 0.05) is 0 Å². The van der Waals surface area contributed by atoms with Crippen molar-refractivity contribution in [3.05, 3.63) is 35.1 Å². The summed E-state index contributed by atoms with van der Waals surface area (Å²) in [6.45, 7) is 4.09. The highest BCUT2D eigenvalue weighted by Crippen LogP contribution is 2.39. The standard InChI is InChI=1S/C14H19FO/c1-9-3-4-11(7-9)14(16)13-6-5-12(15)8-10(13)2/h5-6,8-9,11,14,16H,3-4,7H2,1-2H3. The van der Waals surface area contributed by atoms with Crippen LogP contribution in [0.5, 0.6) is 0 Å². The largest absolute Gasteiger partial charge is 0.388 e. The fourth-order valence-corrected chi connectivity index (χ4v) is 2.76. The van der Waals surface area contributed by atoms with E-state index in [1.54, 1.807) is 6.07 Å². The number of hydrogen-bond acceptors (Lipinski definition) is 1. The van der Waals surface area contributed by atoms with E-state index in [-0.39, 0.29) is 5.82 Å². The Kier molecular flexibility index (Phi) is 3.29. The van der Waals surface area contributed by atoms with Crippen molar-refractivity contribution in [2.75, 3.05) is 0 Å². The van der Waals surface area contributed by atoms with Crippen LogP contribution >= 0.6 is 0 Å². The molecule has 2 rings (SSSR count). The molecule has 1 N–H and O–H groups in total. The molecule has 3 atom stereocenters. The van der Waals surface area contributed by atoms with Crippen LogP contribution < -0.4 is 0 Å². The second-order valence-corrected chi connectivity index (χ2v) is 5.12. The monoisotopic (exact) mass is 222 g/mol. The summed E-state index contributed by atoms with van der Waals surface area (Å²) in [4.78, 5) is 0. The van der Waals surface area contributed by atoms with Crippen molar-refractivity contribution in [1.29, 1.82) is 0 Å². The molecule has 0 saturated heterocycles. The minimum atomic E-state index is -0.425. The lowest BCUT2D eigenvalue weighted by Gasteiger charge is -2.20. The molecule has 0 heterocycles. The highest BCUT2D eigenvalue weighted by Gasteiger charge is 2.29. The quantitative estimate of drug-likeness (QED) is 0.810. The van der Waals surface area contributed by atoms with Crippen LogP contribution in [0, 0.1) is 24.6 Å². The van der Waals surface area contributed by atoms with Gasteiger partial charge in [0.1, 0.15) is 5.82 Å². The third-order valence-electron chi connectivity index (χ3n) is 3.73. The normalized spacial score (nSPS) is 27.0. The molecule has 0 amide bonds. The summed E-state index contributed by atoms with van der Waals surface area (Å²) in [7, 11) is 0. The van der Waals surface area contributed by atoms with Crippen molar-refractivity contribution >= 4 is 0 Å². The fraction of sp³-hybridized carbons (Fsp3) is 0.571. The second-order valence-electron chi connectivity index (χ2n) is 5.12. The summed E-state index contributed by atoms with van der Waals surface area (Å²) in [5, 5.41) is 10.3. The van der Waals surface area contributed by atoms with Crippen LogP contribution in [-0.2, 0) is 0 Å². The first-order chi connectivity index (χ1) is 7.58. The molecule has 0 aromatic heterocycles. The van der Waals surface area contributed by atoms with Crippen LogP contribution in [0.2, 0.25) is 0 Å². The number of aliphatic hydroxyl groups excluding tert-OH is 1. The molecule has 0 aliphatic heterocycles. The maximum atomic E-state index is 13.0. The molecule has 1 aromatic carbocycles. The van der Waals surface area contributed by atoms with Gasteiger partial charge < -0.3 is 5.11 Å². The van der Waals surface area contributed by atoms with Gasteiger partial charge in [-0.15, -0.1) is 0 Å². The Morgan fingerprint density at radius 1 is 1.38 bits per heavy atom. The van der Waals surface area contributed by atoms with Crippen LogP contribution in [-0.4, -0.2) is 5.11 Å². The zero-order valence-corrected chi connectivity index (χ0v) is 9.91. The van der Waals surface area contributed by atoms with Gasteiger partial charge in [-0.3, -0.25) is 0 Å². The number of halogens is 1. The maximum Gasteiger partial charge on any atom is 0.123 e. The molecule has 2 heteroatoms. The topological polar surface area (TPSA) is 20.2 Å². The van der Waals surface area contributed by atoms with Crippen molar-refractivity contribution in [2.24, 2.45) is 11.8 Å². The molecule has 0 spiro atoms. The third kappa shape index (κ3) is 2.27. The lowest BCUT2D eigenvalue weighted by molar-refractivity contribution is 0.109. The highest BCUT2D eigenvalue weighted by molar-refractivity contribution is 5.29. The van der Waals surface area contributed by atoms with E-state index in [9.17, 15) is 9.50 Å². The number of rotatable bonds is 2. The summed E-state index contributed by atoms with van der Waals surface area (Å²) >= 11 is 0. The minimum Gasteiger partial charge on any atom is -0.388 e. The minimum absolute atomic E-state index is 0.228. The Morgan fingerprint density at radius 2 is 2.12 bits per heavy atom. The zero-order valence-electron chi connectivity index (χ0n) is 9.91. The van der Waals surface area contributed by atoms with Crippen molar-refractivity contribution < 1.29 is 9.50 Å². The Hall–Kier alpha value is -0.890. The van der Waals surface area contributed by atoms with Gasteiger partial charge >= 0.3 is 0 Å². The van der Waals surface area contributed by atoms with E-state index in [0.29, 0.717) is 11.8 Å². The Morgan fingerprint density at radius 3 is 2.69 bits per heavy atom. The third-order valence-corrected chi connectivity index (χ3v) is 3.73. The molecular formula is C14H19FO. The van der Waals surface area contributed by atoms with Crippen molar-refractivity contribution in [2.45, 2.75) is 39.2 Å².